The van der Waals surface area contributed by atoms with Crippen LogP contribution in [0.5, 0.6) is 0 Å². The number of ether oxygens (including phenoxy) is 1. The molecule has 2 aromatic carbocycles. The van der Waals surface area contributed by atoms with Crippen LogP contribution in [0.2, 0.25) is 0 Å². The van der Waals surface area contributed by atoms with E-state index in [2.05, 4.69) is 9.62 Å². The van der Waals surface area contributed by atoms with Gasteiger partial charge >= 0.3 is 5.97 Å². The van der Waals surface area contributed by atoms with Gasteiger partial charge in [0.25, 0.3) is 5.91 Å². The second kappa shape index (κ2) is 9.93. The quantitative estimate of drug-likeness (QED) is 0.651. The first-order valence-corrected chi connectivity index (χ1v) is 11.6. The lowest BCUT2D eigenvalue weighted by atomic mass is 10.2. The molecule has 1 heterocycles. The van der Waals surface area contributed by atoms with Gasteiger partial charge in [-0.2, -0.15) is 4.72 Å². The standard InChI is InChI=1S/C22H27N3O5S/c1-17(23-31(28,29)20-11-7-4-8-12-20)22(27)30-18(2)21(26)25-15-13-24(14-16-25)19-9-5-3-6-10-19/h3-12,17-18,23H,13-16H2,1-2H3/t17-,18-/m1/s1. The van der Waals surface area contributed by atoms with Gasteiger partial charge in [-0.25, -0.2) is 8.42 Å². The molecule has 1 aliphatic heterocycles. The predicted molar refractivity (Wildman–Crippen MR) is 117 cm³/mol. The van der Waals surface area contributed by atoms with E-state index < -0.39 is 28.1 Å². The molecule has 166 valence electrons. The van der Waals surface area contributed by atoms with E-state index >= 15 is 0 Å². The number of para-hydroxylation sites is 1. The van der Waals surface area contributed by atoms with Crippen molar-refractivity contribution in [3.8, 4) is 0 Å². The Bertz CT molecular complexity index is 990. The molecule has 2 atom stereocenters. The predicted octanol–water partition coefficient (Wildman–Crippen LogP) is 1.63. The number of carbonyl (C=O) groups is 2. The van der Waals surface area contributed by atoms with E-state index in [1.165, 1.54) is 26.0 Å². The lowest BCUT2D eigenvalue weighted by Crippen LogP contribution is -2.52. The van der Waals surface area contributed by atoms with Gasteiger partial charge in [0.2, 0.25) is 10.0 Å². The molecule has 1 fully saturated rings. The van der Waals surface area contributed by atoms with E-state index in [1.807, 2.05) is 30.3 Å². The topological polar surface area (TPSA) is 96.0 Å². The molecule has 0 saturated carbocycles. The van der Waals surface area contributed by atoms with E-state index in [1.54, 1.807) is 23.1 Å². The number of anilines is 1. The van der Waals surface area contributed by atoms with Crippen LogP contribution in [0, 0.1) is 0 Å². The van der Waals surface area contributed by atoms with Crippen molar-refractivity contribution in [1.29, 1.82) is 0 Å². The van der Waals surface area contributed by atoms with E-state index in [0.717, 1.165) is 5.69 Å². The highest BCUT2D eigenvalue weighted by molar-refractivity contribution is 7.89. The van der Waals surface area contributed by atoms with Gasteiger partial charge in [-0.3, -0.25) is 9.59 Å². The van der Waals surface area contributed by atoms with Crippen LogP contribution in [-0.2, 0) is 24.3 Å². The Kier molecular flexibility index (Phi) is 7.29. The Morgan fingerprint density at radius 2 is 1.45 bits per heavy atom. The molecule has 0 radical (unpaired) electrons. The summed E-state index contributed by atoms with van der Waals surface area (Å²) in [5.41, 5.74) is 1.11. The number of benzene rings is 2. The van der Waals surface area contributed by atoms with Gasteiger partial charge in [-0.1, -0.05) is 36.4 Å². The van der Waals surface area contributed by atoms with Gasteiger partial charge in [0, 0.05) is 31.9 Å². The molecular formula is C22H27N3O5S. The van der Waals surface area contributed by atoms with Crippen molar-refractivity contribution < 1.29 is 22.7 Å². The number of hydrogen-bond acceptors (Lipinski definition) is 6. The number of carbonyl (C=O) groups excluding carboxylic acids is 2. The summed E-state index contributed by atoms with van der Waals surface area (Å²) in [4.78, 5) is 29.0. The number of nitrogens with one attached hydrogen (secondary N) is 1. The fraction of sp³-hybridized carbons (Fsp3) is 0.364. The molecule has 0 unspecified atom stereocenters. The Labute approximate surface area is 182 Å². The zero-order chi connectivity index (χ0) is 22.4. The van der Waals surface area contributed by atoms with Crippen molar-refractivity contribution >= 4 is 27.6 Å². The molecule has 1 aliphatic rings. The van der Waals surface area contributed by atoms with Crippen LogP contribution in [0.3, 0.4) is 0 Å². The number of piperazine rings is 1. The van der Waals surface area contributed by atoms with Crippen molar-refractivity contribution in [1.82, 2.24) is 9.62 Å². The van der Waals surface area contributed by atoms with Crippen LogP contribution >= 0.6 is 0 Å². The molecule has 8 nitrogen and oxygen atoms in total. The van der Waals surface area contributed by atoms with Crippen LogP contribution < -0.4 is 9.62 Å². The largest absolute Gasteiger partial charge is 0.451 e. The van der Waals surface area contributed by atoms with E-state index in [9.17, 15) is 18.0 Å². The van der Waals surface area contributed by atoms with Crippen LogP contribution in [0.4, 0.5) is 5.69 Å². The first-order chi connectivity index (χ1) is 14.8. The monoisotopic (exact) mass is 445 g/mol. The molecular weight excluding hydrogens is 418 g/mol. The Hall–Kier alpha value is -2.91. The molecule has 3 rings (SSSR count). The van der Waals surface area contributed by atoms with Crippen LogP contribution in [0.25, 0.3) is 0 Å². The van der Waals surface area contributed by atoms with Crippen LogP contribution in [-0.4, -0.2) is 63.5 Å². The minimum absolute atomic E-state index is 0.0510. The number of amides is 1. The summed E-state index contributed by atoms with van der Waals surface area (Å²) >= 11 is 0. The van der Waals surface area contributed by atoms with Gasteiger partial charge in [0.1, 0.15) is 6.04 Å². The summed E-state index contributed by atoms with van der Waals surface area (Å²) in [5, 5.41) is 0. The maximum atomic E-state index is 12.7. The van der Waals surface area contributed by atoms with Crippen LogP contribution in [0.1, 0.15) is 13.8 Å². The second-order valence-corrected chi connectivity index (χ2v) is 9.10. The molecule has 2 aromatic rings. The highest BCUT2D eigenvalue weighted by Crippen LogP contribution is 2.16. The third kappa shape index (κ3) is 5.83. The normalized spacial score (nSPS) is 16.5. The fourth-order valence-electron chi connectivity index (χ4n) is 3.36. The van der Waals surface area contributed by atoms with Crippen molar-refractivity contribution in [3.63, 3.8) is 0 Å². The summed E-state index contributed by atoms with van der Waals surface area (Å²) in [7, 11) is -3.87. The van der Waals surface area contributed by atoms with Crippen molar-refractivity contribution in [3.05, 3.63) is 60.7 Å². The van der Waals surface area contributed by atoms with Crippen molar-refractivity contribution in [2.75, 3.05) is 31.1 Å². The molecule has 0 aromatic heterocycles. The minimum Gasteiger partial charge on any atom is -0.451 e. The van der Waals surface area contributed by atoms with Gasteiger partial charge in [-0.05, 0) is 38.1 Å². The van der Waals surface area contributed by atoms with Crippen molar-refractivity contribution in [2.24, 2.45) is 0 Å². The second-order valence-electron chi connectivity index (χ2n) is 7.38. The number of hydrogen-bond donors (Lipinski definition) is 1. The van der Waals surface area contributed by atoms with Gasteiger partial charge in [-0.15, -0.1) is 0 Å². The summed E-state index contributed by atoms with van der Waals surface area (Å²) in [6, 6.07) is 16.6. The van der Waals surface area contributed by atoms with Gasteiger partial charge in [0.05, 0.1) is 4.90 Å². The Morgan fingerprint density at radius 1 is 0.903 bits per heavy atom. The van der Waals surface area contributed by atoms with E-state index in [4.69, 9.17) is 4.74 Å². The lowest BCUT2D eigenvalue weighted by Gasteiger charge is -2.37. The zero-order valence-corrected chi connectivity index (χ0v) is 18.4. The summed E-state index contributed by atoms with van der Waals surface area (Å²) in [6.45, 7) is 5.30. The van der Waals surface area contributed by atoms with Gasteiger partial charge in [0.15, 0.2) is 6.10 Å². The smallest absolute Gasteiger partial charge is 0.324 e. The highest BCUT2D eigenvalue weighted by Gasteiger charge is 2.30. The van der Waals surface area contributed by atoms with E-state index in [-0.39, 0.29) is 10.8 Å². The fourth-order valence-corrected chi connectivity index (χ4v) is 4.57. The Morgan fingerprint density at radius 3 is 2.03 bits per heavy atom. The zero-order valence-electron chi connectivity index (χ0n) is 17.6. The van der Waals surface area contributed by atoms with Gasteiger partial charge < -0.3 is 14.5 Å². The Balaban J connectivity index is 1.50. The lowest BCUT2D eigenvalue weighted by molar-refractivity contribution is -0.160. The van der Waals surface area contributed by atoms with Crippen molar-refractivity contribution in [2.45, 2.75) is 30.9 Å². The SMILES string of the molecule is C[C@@H](NS(=O)(=O)c1ccccc1)C(=O)O[C@H](C)C(=O)N1CCN(c2ccccc2)CC1. The molecule has 9 heteroatoms. The minimum atomic E-state index is -3.87. The molecule has 0 aliphatic carbocycles. The third-order valence-corrected chi connectivity index (χ3v) is 6.65. The summed E-state index contributed by atoms with van der Waals surface area (Å²) in [5.74, 6) is -1.09. The number of sulfonamides is 1. The third-order valence-electron chi connectivity index (χ3n) is 5.09. The average molecular weight is 446 g/mol. The molecule has 1 N–H and O–H groups in total. The summed E-state index contributed by atoms with van der Waals surface area (Å²) < 4.78 is 32.3. The molecule has 1 amide bonds. The average Bonchev–Trinajstić information content (AvgIpc) is 2.79. The molecule has 31 heavy (non-hydrogen) atoms. The highest BCUT2D eigenvalue weighted by atomic mass is 32.2. The molecule has 0 bridgehead atoms. The first-order valence-electron chi connectivity index (χ1n) is 10.1. The maximum Gasteiger partial charge on any atom is 0.324 e. The molecule has 1 saturated heterocycles. The number of nitrogens with zero attached hydrogens (tertiary/aromatic N) is 2. The number of esters is 1. The number of rotatable bonds is 7. The first kappa shape index (κ1) is 22.8. The van der Waals surface area contributed by atoms with E-state index in [0.29, 0.717) is 26.2 Å². The summed E-state index contributed by atoms with van der Waals surface area (Å²) in [6.07, 6.45) is -1.00. The maximum absolute atomic E-state index is 12.7. The van der Waals surface area contributed by atoms with Crippen LogP contribution in [0.15, 0.2) is 65.6 Å². The molecule has 0 spiro atoms.